The summed E-state index contributed by atoms with van der Waals surface area (Å²) in [5.41, 5.74) is 9.11. The summed E-state index contributed by atoms with van der Waals surface area (Å²) >= 11 is 0. The van der Waals surface area contributed by atoms with E-state index in [0.29, 0.717) is 6.54 Å². The van der Waals surface area contributed by atoms with E-state index in [2.05, 4.69) is 44.1 Å². The molecule has 0 atom stereocenters. The van der Waals surface area contributed by atoms with Crippen LogP contribution in [0.5, 0.6) is 0 Å². The molecular weight excluding hydrogens is 210 g/mol. The van der Waals surface area contributed by atoms with Crippen LogP contribution in [0.3, 0.4) is 0 Å². The zero-order valence-electron chi connectivity index (χ0n) is 10.6. The van der Waals surface area contributed by atoms with Crippen molar-refractivity contribution in [1.82, 2.24) is 9.78 Å². The molecule has 2 aromatic rings. The normalized spacial score (nSPS) is 11.8. The Bertz CT molecular complexity index is 489. The predicted octanol–water partition coefficient (Wildman–Crippen LogP) is 2.63. The smallest absolute Gasteiger partial charge is 0.0649 e. The number of rotatable bonds is 2. The molecule has 0 spiro atoms. The van der Waals surface area contributed by atoms with Gasteiger partial charge < -0.3 is 5.73 Å². The molecule has 1 aromatic carbocycles. The minimum atomic E-state index is 0.0863. The first-order valence-corrected chi connectivity index (χ1v) is 5.86. The summed E-state index contributed by atoms with van der Waals surface area (Å²) in [6.45, 7) is 7.14. The summed E-state index contributed by atoms with van der Waals surface area (Å²) in [6.07, 6.45) is 1.84. The van der Waals surface area contributed by atoms with Gasteiger partial charge in [-0.1, -0.05) is 32.9 Å². The molecular formula is C14H19N3. The van der Waals surface area contributed by atoms with Gasteiger partial charge in [0.15, 0.2) is 0 Å². The van der Waals surface area contributed by atoms with E-state index in [1.807, 2.05) is 23.0 Å². The van der Waals surface area contributed by atoms with E-state index in [9.17, 15) is 0 Å². The zero-order chi connectivity index (χ0) is 12.5. The maximum absolute atomic E-state index is 5.60. The second-order valence-corrected chi connectivity index (χ2v) is 5.25. The third kappa shape index (κ3) is 2.39. The summed E-state index contributed by atoms with van der Waals surface area (Å²) < 4.78 is 1.99. The van der Waals surface area contributed by atoms with E-state index in [0.717, 1.165) is 11.3 Å². The molecule has 0 fully saturated rings. The third-order valence-electron chi connectivity index (χ3n) is 2.83. The molecule has 0 aliphatic carbocycles. The van der Waals surface area contributed by atoms with Gasteiger partial charge in [0.05, 0.1) is 5.69 Å². The number of nitrogens with zero attached hydrogens (tertiary/aromatic N) is 2. The van der Waals surface area contributed by atoms with Gasteiger partial charge in [0.2, 0.25) is 0 Å². The monoisotopic (exact) mass is 229 g/mol. The molecule has 0 unspecified atom stereocenters. The van der Waals surface area contributed by atoms with Crippen LogP contribution in [0, 0.1) is 0 Å². The highest BCUT2D eigenvalue weighted by Crippen LogP contribution is 2.24. The van der Waals surface area contributed by atoms with Gasteiger partial charge in [-0.2, -0.15) is 5.10 Å². The van der Waals surface area contributed by atoms with Crippen LogP contribution in [0.25, 0.3) is 5.69 Å². The molecule has 0 radical (unpaired) electrons. The minimum Gasteiger partial charge on any atom is -0.326 e. The van der Waals surface area contributed by atoms with Crippen molar-refractivity contribution in [3.05, 3.63) is 47.8 Å². The highest BCUT2D eigenvalue weighted by atomic mass is 15.3. The van der Waals surface area contributed by atoms with Gasteiger partial charge in [0.25, 0.3) is 0 Å². The summed E-state index contributed by atoms with van der Waals surface area (Å²) in [4.78, 5) is 0. The molecule has 0 aliphatic rings. The van der Waals surface area contributed by atoms with E-state index >= 15 is 0 Å². The first-order valence-electron chi connectivity index (χ1n) is 5.86. The summed E-state index contributed by atoms with van der Waals surface area (Å²) in [5, 5.41) is 4.39. The first kappa shape index (κ1) is 11.9. The average molecular weight is 229 g/mol. The lowest BCUT2D eigenvalue weighted by Crippen LogP contribution is -2.17. The van der Waals surface area contributed by atoms with Gasteiger partial charge in [-0.15, -0.1) is 0 Å². The lowest BCUT2D eigenvalue weighted by atomic mass is 9.92. The van der Waals surface area contributed by atoms with E-state index in [1.165, 1.54) is 5.69 Å². The molecule has 2 N–H and O–H groups in total. The van der Waals surface area contributed by atoms with Crippen LogP contribution < -0.4 is 5.73 Å². The van der Waals surface area contributed by atoms with Crippen LogP contribution in [0.4, 0.5) is 0 Å². The number of hydrogen-bond acceptors (Lipinski definition) is 2. The van der Waals surface area contributed by atoms with Crippen LogP contribution in [0.15, 0.2) is 36.5 Å². The Balaban J connectivity index is 2.43. The van der Waals surface area contributed by atoms with Gasteiger partial charge in [-0.05, 0) is 23.8 Å². The number of nitrogens with two attached hydrogens (primary N) is 1. The van der Waals surface area contributed by atoms with Crippen LogP contribution in [-0.2, 0) is 12.0 Å². The van der Waals surface area contributed by atoms with Gasteiger partial charge in [-0.25, -0.2) is 4.68 Å². The van der Waals surface area contributed by atoms with Crippen LogP contribution in [-0.4, -0.2) is 9.78 Å². The van der Waals surface area contributed by atoms with Crippen molar-refractivity contribution in [2.75, 3.05) is 0 Å². The molecule has 0 saturated carbocycles. The molecule has 0 bridgehead atoms. The van der Waals surface area contributed by atoms with Crippen LogP contribution >= 0.6 is 0 Å². The molecule has 17 heavy (non-hydrogen) atoms. The Kier molecular flexibility index (Phi) is 3.03. The topological polar surface area (TPSA) is 43.8 Å². The molecule has 0 saturated heterocycles. The molecule has 3 nitrogen and oxygen atoms in total. The predicted molar refractivity (Wildman–Crippen MR) is 70.2 cm³/mol. The quantitative estimate of drug-likeness (QED) is 0.860. The van der Waals surface area contributed by atoms with Crippen molar-refractivity contribution in [1.29, 1.82) is 0 Å². The fraction of sp³-hybridized carbons (Fsp3) is 0.357. The molecule has 0 aliphatic heterocycles. The minimum absolute atomic E-state index is 0.0863. The second kappa shape index (κ2) is 4.34. The van der Waals surface area contributed by atoms with Crippen molar-refractivity contribution >= 4 is 0 Å². The molecule has 0 amide bonds. The van der Waals surface area contributed by atoms with Gasteiger partial charge in [0.1, 0.15) is 0 Å². The largest absolute Gasteiger partial charge is 0.326 e. The van der Waals surface area contributed by atoms with E-state index in [4.69, 9.17) is 5.73 Å². The Labute approximate surface area is 102 Å². The van der Waals surface area contributed by atoms with Crippen LogP contribution in [0.1, 0.15) is 32.0 Å². The zero-order valence-corrected chi connectivity index (χ0v) is 10.6. The van der Waals surface area contributed by atoms with Crippen molar-refractivity contribution in [2.24, 2.45) is 5.73 Å². The maximum Gasteiger partial charge on any atom is 0.0649 e. The van der Waals surface area contributed by atoms with Gasteiger partial charge in [0, 0.05) is 23.9 Å². The number of benzene rings is 1. The Morgan fingerprint density at radius 3 is 2.29 bits per heavy atom. The maximum atomic E-state index is 5.60. The lowest BCUT2D eigenvalue weighted by Gasteiger charge is -2.20. The van der Waals surface area contributed by atoms with E-state index in [1.54, 1.807) is 0 Å². The molecule has 90 valence electrons. The Morgan fingerprint density at radius 2 is 1.76 bits per heavy atom. The fourth-order valence-corrected chi connectivity index (χ4v) is 1.85. The van der Waals surface area contributed by atoms with Gasteiger partial charge >= 0.3 is 0 Å². The van der Waals surface area contributed by atoms with Crippen molar-refractivity contribution in [3.8, 4) is 5.69 Å². The molecule has 2 rings (SSSR count). The van der Waals surface area contributed by atoms with Crippen molar-refractivity contribution in [3.63, 3.8) is 0 Å². The molecule has 1 aromatic heterocycles. The molecule has 3 heteroatoms. The standard InChI is InChI=1S/C14H19N3/c1-14(2,3)13-8-9-16-17(13)12-6-4-11(10-15)5-7-12/h4-9H,10,15H2,1-3H3. The van der Waals surface area contributed by atoms with Crippen LogP contribution in [0.2, 0.25) is 0 Å². The number of hydrogen-bond donors (Lipinski definition) is 1. The summed E-state index contributed by atoms with van der Waals surface area (Å²) in [7, 11) is 0. The first-order chi connectivity index (χ1) is 8.02. The third-order valence-corrected chi connectivity index (χ3v) is 2.83. The highest BCUT2D eigenvalue weighted by molar-refractivity contribution is 5.36. The SMILES string of the molecule is CC(C)(C)c1ccnn1-c1ccc(CN)cc1. The Hall–Kier alpha value is -1.61. The number of aromatic nitrogens is 2. The van der Waals surface area contributed by atoms with Crippen molar-refractivity contribution < 1.29 is 0 Å². The fourth-order valence-electron chi connectivity index (χ4n) is 1.85. The van der Waals surface area contributed by atoms with Crippen molar-refractivity contribution in [2.45, 2.75) is 32.7 Å². The molecule has 1 heterocycles. The average Bonchev–Trinajstić information content (AvgIpc) is 2.78. The van der Waals surface area contributed by atoms with E-state index in [-0.39, 0.29) is 5.41 Å². The highest BCUT2D eigenvalue weighted by Gasteiger charge is 2.19. The van der Waals surface area contributed by atoms with E-state index < -0.39 is 0 Å². The van der Waals surface area contributed by atoms with Gasteiger partial charge in [-0.3, -0.25) is 0 Å². The lowest BCUT2D eigenvalue weighted by molar-refractivity contribution is 0.544. The summed E-state index contributed by atoms with van der Waals surface area (Å²) in [6, 6.07) is 10.3. The second-order valence-electron chi connectivity index (χ2n) is 5.25. The summed E-state index contributed by atoms with van der Waals surface area (Å²) in [5.74, 6) is 0. The Morgan fingerprint density at radius 1 is 1.12 bits per heavy atom.